The van der Waals surface area contributed by atoms with E-state index in [9.17, 15) is 8.42 Å². The zero-order valence-electron chi connectivity index (χ0n) is 7.93. The Bertz CT molecular complexity index is 458. The summed E-state index contributed by atoms with van der Waals surface area (Å²) >= 11 is 1.47. The van der Waals surface area contributed by atoms with E-state index in [0.29, 0.717) is 18.7 Å². The van der Waals surface area contributed by atoms with Crippen LogP contribution >= 0.6 is 11.3 Å². The third kappa shape index (κ3) is 4.90. The first-order valence-electron chi connectivity index (χ1n) is 4.20. The lowest BCUT2D eigenvalue weighted by Gasteiger charge is -2.00. The van der Waals surface area contributed by atoms with Crippen LogP contribution < -0.4 is 10.5 Å². The number of nitrogens with zero attached hydrogens (tertiary/aromatic N) is 1. The van der Waals surface area contributed by atoms with Crippen molar-refractivity contribution >= 4 is 21.4 Å². The predicted octanol–water partition coefficient (Wildman–Crippen LogP) is -0.00212. The minimum atomic E-state index is -3.39. The summed E-state index contributed by atoms with van der Waals surface area (Å²) in [5.41, 5.74) is 0.628. The van der Waals surface area contributed by atoms with Crippen LogP contribution in [0.4, 0.5) is 0 Å². The topological polar surface area (TPSA) is 96.0 Å². The molecule has 0 saturated carbocycles. The van der Waals surface area contributed by atoms with Gasteiger partial charge < -0.3 is 5.32 Å². The Labute approximate surface area is 92.6 Å². The van der Waals surface area contributed by atoms with Crippen LogP contribution in [0.15, 0.2) is 11.4 Å². The van der Waals surface area contributed by atoms with Crippen LogP contribution in [0.1, 0.15) is 10.4 Å². The van der Waals surface area contributed by atoms with Crippen molar-refractivity contribution < 1.29 is 8.42 Å². The van der Waals surface area contributed by atoms with Crippen molar-refractivity contribution in [2.24, 2.45) is 5.14 Å². The largest absolute Gasteiger partial charge is 0.311 e. The molecule has 1 rings (SSSR count). The van der Waals surface area contributed by atoms with Crippen LogP contribution in [0, 0.1) is 11.3 Å². The van der Waals surface area contributed by atoms with Gasteiger partial charge in [-0.05, 0) is 6.07 Å². The quantitative estimate of drug-likeness (QED) is 0.713. The van der Waals surface area contributed by atoms with E-state index in [1.807, 2.05) is 6.07 Å². The second kappa shape index (κ2) is 5.23. The molecule has 0 aliphatic heterocycles. The summed E-state index contributed by atoms with van der Waals surface area (Å²) in [6.45, 7) is 0.875. The molecule has 15 heavy (non-hydrogen) atoms. The first-order chi connectivity index (χ1) is 7.01. The van der Waals surface area contributed by atoms with Gasteiger partial charge in [-0.15, -0.1) is 11.3 Å². The van der Waals surface area contributed by atoms with Crippen LogP contribution in [0.25, 0.3) is 0 Å². The molecule has 0 spiro atoms. The molecular weight excluding hydrogens is 234 g/mol. The fourth-order valence-corrected chi connectivity index (χ4v) is 2.17. The summed E-state index contributed by atoms with van der Waals surface area (Å²) in [5, 5.41) is 18.1. The Morgan fingerprint density at radius 2 is 2.33 bits per heavy atom. The molecule has 0 saturated heterocycles. The molecule has 0 amide bonds. The van der Waals surface area contributed by atoms with E-state index in [2.05, 4.69) is 5.32 Å². The number of nitrogens with two attached hydrogens (primary N) is 1. The van der Waals surface area contributed by atoms with Crippen molar-refractivity contribution in [3.8, 4) is 6.07 Å². The third-order valence-electron chi connectivity index (χ3n) is 1.65. The van der Waals surface area contributed by atoms with Gasteiger partial charge in [0.2, 0.25) is 10.0 Å². The van der Waals surface area contributed by atoms with Crippen molar-refractivity contribution in [3.05, 3.63) is 21.9 Å². The average Bonchev–Trinajstić information content (AvgIpc) is 2.59. The van der Waals surface area contributed by atoms with Crippen molar-refractivity contribution in [1.29, 1.82) is 5.26 Å². The van der Waals surface area contributed by atoms with Crippen molar-refractivity contribution in [3.63, 3.8) is 0 Å². The summed E-state index contributed by atoms with van der Waals surface area (Å²) in [7, 11) is -3.39. The molecule has 0 aliphatic rings. The number of hydrogen-bond donors (Lipinski definition) is 2. The summed E-state index contributed by atoms with van der Waals surface area (Å²) in [4.78, 5) is 1.00. The second-order valence-corrected chi connectivity index (χ2v) is 5.69. The Balaban J connectivity index is 2.30. The lowest BCUT2D eigenvalue weighted by molar-refractivity contribution is 0.592. The molecule has 0 aromatic carbocycles. The van der Waals surface area contributed by atoms with Crippen LogP contribution in [-0.4, -0.2) is 20.7 Å². The fourth-order valence-electron chi connectivity index (χ4n) is 0.958. The lowest BCUT2D eigenvalue weighted by Crippen LogP contribution is -2.26. The van der Waals surface area contributed by atoms with E-state index in [1.54, 1.807) is 11.4 Å². The number of primary sulfonamides is 1. The molecule has 7 heteroatoms. The summed E-state index contributed by atoms with van der Waals surface area (Å²) in [5.74, 6) is -0.0799. The fraction of sp³-hybridized carbons (Fsp3) is 0.375. The van der Waals surface area contributed by atoms with E-state index >= 15 is 0 Å². The van der Waals surface area contributed by atoms with Crippen molar-refractivity contribution in [2.45, 2.75) is 6.54 Å². The molecule has 0 atom stereocenters. The molecule has 5 nitrogen and oxygen atoms in total. The Morgan fingerprint density at radius 3 is 2.87 bits per heavy atom. The molecule has 1 aromatic rings. The maximum absolute atomic E-state index is 10.6. The van der Waals surface area contributed by atoms with Gasteiger partial charge in [-0.2, -0.15) is 5.26 Å². The molecule has 1 aromatic heterocycles. The highest BCUT2D eigenvalue weighted by Crippen LogP contribution is 2.12. The highest BCUT2D eigenvalue weighted by Gasteiger charge is 2.02. The lowest BCUT2D eigenvalue weighted by atomic mass is 10.3. The highest BCUT2D eigenvalue weighted by atomic mass is 32.2. The van der Waals surface area contributed by atoms with Gasteiger partial charge in [0, 0.05) is 23.3 Å². The standard InChI is InChI=1S/C8H11N3O2S2/c9-4-7-3-8(14-6-7)5-11-1-2-15(10,12)13/h3,6,11H,1-2,5H2,(H2,10,12,13). The van der Waals surface area contributed by atoms with E-state index in [-0.39, 0.29) is 5.75 Å². The first kappa shape index (κ1) is 12.1. The second-order valence-electron chi connectivity index (χ2n) is 2.96. The number of nitriles is 1. The van der Waals surface area contributed by atoms with E-state index < -0.39 is 10.0 Å². The van der Waals surface area contributed by atoms with Crippen LogP contribution in [0.3, 0.4) is 0 Å². The molecule has 0 radical (unpaired) electrons. The van der Waals surface area contributed by atoms with Gasteiger partial charge in [0.15, 0.2) is 0 Å². The number of sulfonamides is 1. The maximum atomic E-state index is 10.6. The summed E-state index contributed by atoms with van der Waals surface area (Å²) < 4.78 is 21.2. The molecule has 1 heterocycles. The van der Waals surface area contributed by atoms with Gasteiger partial charge in [-0.3, -0.25) is 0 Å². The van der Waals surface area contributed by atoms with Gasteiger partial charge in [0.05, 0.1) is 11.3 Å². The number of hydrogen-bond acceptors (Lipinski definition) is 5. The minimum Gasteiger partial charge on any atom is -0.311 e. The zero-order valence-corrected chi connectivity index (χ0v) is 9.57. The summed E-state index contributed by atoms with van der Waals surface area (Å²) in [6.07, 6.45) is 0. The van der Waals surface area contributed by atoms with Gasteiger partial charge in [0.1, 0.15) is 6.07 Å². The predicted molar refractivity (Wildman–Crippen MR) is 58.7 cm³/mol. The van der Waals surface area contributed by atoms with Crippen molar-refractivity contribution in [2.75, 3.05) is 12.3 Å². The Kier molecular flexibility index (Phi) is 4.23. The van der Waals surface area contributed by atoms with Crippen LogP contribution in [-0.2, 0) is 16.6 Å². The molecule has 0 bridgehead atoms. The van der Waals surface area contributed by atoms with Gasteiger partial charge in [0.25, 0.3) is 0 Å². The van der Waals surface area contributed by atoms with E-state index in [4.69, 9.17) is 10.4 Å². The first-order valence-corrected chi connectivity index (χ1v) is 6.79. The SMILES string of the molecule is N#Cc1csc(CNCCS(N)(=O)=O)c1. The number of nitrogens with one attached hydrogen (secondary N) is 1. The molecule has 3 N–H and O–H groups in total. The highest BCUT2D eigenvalue weighted by molar-refractivity contribution is 7.89. The monoisotopic (exact) mass is 245 g/mol. The molecule has 82 valence electrons. The number of rotatable bonds is 5. The number of thiophene rings is 1. The van der Waals surface area contributed by atoms with Gasteiger partial charge in [-0.25, -0.2) is 13.6 Å². The average molecular weight is 245 g/mol. The van der Waals surface area contributed by atoms with Gasteiger partial charge >= 0.3 is 0 Å². The third-order valence-corrected chi connectivity index (χ3v) is 3.36. The smallest absolute Gasteiger partial charge is 0.210 e. The minimum absolute atomic E-state index is 0.0799. The summed E-state index contributed by atoms with van der Waals surface area (Å²) in [6, 6.07) is 3.80. The maximum Gasteiger partial charge on any atom is 0.210 e. The normalized spacial score (nSPS) is 11.2. The molecule has 0 aliphatic carbocycles. The van der Waals surface area contributed by atoms with Crippen LogP contribution in [0.2, 0.25) is 0 Å². The van der Waals surface area contributed by atoms with E-state index in [1.165, 1.54) is 11.3 Å². The zero-order chi connectivity index (χ0) is 11.3. The molecule has 0 fully saturated rings. The van der Waals surface area contributed by atoms with E-state index in [0.717, 1.165) is 4.88 Å². The molecular formula is C8H11N3O2S2. The Hall–Kier alpha value is -0.940. The van der Waals surface area contributed by atoms with Crippen LogP contribution in [0.5, 0.6) is 0 Å². The van der Waals surface area contributed by atoms with Gasteiger partial charge in [-0.1, -0.05) is 0 Å². The van der Waals surface area contributed by atoms with Crippen molar-refractivity contribution in [1.82, 2.24) is 5.32 Å². The molecule has 0 unspecified atom stereocenters. The Morgan fingerprint density at radius 1 is 1.60 bits per heavy atom.